The summed E-state index contributed by atoms with van der Waals surface area (Å²) in [5.74, 6) is 1.17. The Balaban J connectivity index is 0.00000441. The number of nitrogens with one attached hydrogen (secondary N) is 1. The molecule has 1 saturated heterocycles. The molecule has 1 rings (SSSR count). The number of nitrogens with zero attached hydrogens (tertiary/aromatic N) is 2. The molecule has 6 heteroatoms. The van der Waals surface area contributed by atoms with E-state index >= 15 is 0 Å². The molecular formula is C16H33IN4O. The minimum absolute atomic E-state index is 0. The SMILES string of the molecule is C=C(C)CNC(N)=NCC(C(CC)CC)N1CCOCC1.I. The normalized spacial score (nSPS) is 17.9. The Kier molecular flexibility index (Phi) is 11.9. The van der Waals surface area contributed by atoms with E-state index in [1.165, 1.54) is 12.8 Å². The highest BCUT2D eigenvalue weighted by molar-refractivity contribution is 14.0. The fourth-order valence-electron chi connectivity index (χ4n) is 2.79. The second-order valence-corrected chi connectivity index (χ2v) is 5.83. The van der Waals surface area contributed by atoms with E-state index in [2.05, 4.69) is 35.6 Å². The first-order valence-electron chi connectivity index (χ1n) is 8.08. The van der Waals surface area contributed by atoms with Crippen LogP contribution in [0.25, 0.3) is 0 Å². The molecule has 0 aromatic carbocycles. The first-order valence-corrected chi connectivity index (χ1v) is 8.08. The van der Waals surface area contributed by atoms with Gasteiger partial charge in [-0.2, -0.15) is 0 Å². The maximum atomic E-state index is 5.94. The van der Waals surface area contributed by atoms with Crippen molar-refractivity contribution in [2.24, 2.45) is 16.6 Å². The maximum Gasteiger partial charge on any atom is 0.188 e. The molecule has 22 heavy (non-hydrogen) atoms. The number of nitrogens with two attached hydrogens (primary N) is 1. The van der Waals surface area contributed by atoms with Gasteiger partial charge in [-0.15, -0.1) is 24.0 Å². The first-order chi connectivity index (χ1) is 10.1. The van der Waals surface area contributed by atoms with Crippen molar-refractivity contribution in [1.29, 1.82) is 0 Å². The van der Waals surface area contributed by atoms with Crippen molar-refractivity contribution >= 4 is 29.9 Å². The molecule has 1 fully saturated rings. The molecule has 1 atom stereocenters. The van der Waals surface area contributed by atoms with Crippen LogP contribution >= 0.6 is 24.0 Å². The zero-order valence-electron chi connectivity index (χ0n) is 14.3. The predicted molar refractivity (Wildman–Crippen MR) is 105 cm³/mol. The fourth-order valence-corrected chi connectivity index (χ4v) is 2.79. The van der Waals surface area contributed by atoms with Crippen LogP contribution in [0.1, 0.15) is 33.6 Å². The number of rotatable bonds is 8. The molecular weight excluding hydrogens is 391 g/mol. The standard InChI is InChI=1S/C16H32N4O.HI/c1-5-14(6-2)15(20-7-9-21-10-8-20)12-19-16(17)18-11-13(3)4;/h14-15H,3,5-12H2,1-2,4H3,(H3,17,18,19);1H. The van der Waals surface area contributed by atoms with Crippen LogP contribution in [0.2, 0.25) is 0 Å². The van der Waals surface area contributed by atoms with Gasteiger partial charge in [0, 0.05) is 25.7 Å². The second kappa shape index (κ2) is 12.1. The number of morpholine rings is 1. The van der Waals surface area contributed by atoms with Crippen LogP contribution in [0.15, 0.2) is 17.1 Å². The average Bonchev–Trinajstić information content (AvgIpc) is 2.50. The van der Waals surface area contributed by atoms with Gasteiger partial charge in [-0.05, 0) is 12.8 Å². The van der Waals surface area contributed by atoms with Crippen molar-refractivity contribution in [3.05, 3.63) is 12.2 Å². The molecule has 0 aliphatic carbocycles. The van der Waals surface area contributed by atoms with Gasteiger partial charge in [0.1, 0.15) is 0 Å². The molecule has 0 amide bonds. The molecule has 1 aliphatic heterocycles. The summed E-state index contributed by atoms with van der Waals surface area (Å²) in [5, 5.41) is 3.10. The minimum atomic E-state index is 0. The number of hydrogen-bond acceptors (Lipinski definition) is 3. The molecule has 130 valence electrons. The Morgan fingerprint density at radius 2 is 1.91 bits per heavy atom. The molecule has 0 saturated carbocycles. The largest absolute Gasteiger partial charge is 0.379 e. The fraction of sp³-hybridized carbons (Fsp3) is 0.812. The smallest absolute Gasteiger partial charge is 0.188 e. The number of guanidine groups is 1. The van der Waals surface area contributed by atoms with Gasteiger partial charge in [0.05, 0.1) is 19.8 Å². The lowest BCUT2D eigenvalue weighted by Gasteiger charge is -2.38. The van der Waals surface area contributed by atoms with Crippen molar-refractivity contribution in [3.8, 4) is 0 Å². The van der Waals surface area contributed by atoms with E-state index < -0.39 is 0 Å². The van der Waals surface area contributed by atoms with Gasteiger partial charge >= 0.3 is 0 Å². The number of halogens is 1. The van der Waals surface area contributed by atoms with E-state index in [4.69, 9.17) is 10.5 Å². The van der Waals surface area contributed by atoms with E-state index in [9.17, 15) is 0 Å². The summed E-state index contributed by atoms with van der Waals surface area (Å²) in [6, 6.07) is 0.453. The van der Waals surface area contributed by atoms with Gasteiger partial charge in [-0.3, -0.25) is 9.89 Å². The third kappa shape index (κ3) is 7.78. The molecule has 1 unspecified atom stereocenters. The van der Waals surface area contributed by atoms with Crippen molar-refractivity contribution in [3.63, 3.8) is 0 Å². The number of aliphatic imine (C=N–C) groups is 1. The highest BCUT2D eigenvalue weighted by Gasteiger charge is 2.26. The molecule has 0 aromatic rings. The minimum Gasteiger partial charge on any atom is -0.379 e. The third-order valence-corrected chi connectivity index (χ3v) is 4.13. The lowest BCUT2D eigenvalue weighted by Crippen LogP contribution is -2.49. The van der Waals surface area contributed by atoms with Crippen LogP contribution in [-0.4, -0.2) is 56.3 Å². The summed E-state index contributed by atoms with van der Waals surface area (Å²) < 4.78 is 5.46. The van der Waals surface area contributed by atoms with Gasteiger partial charge in [0.15, 0.2) is 5.96 Å². The number of ether oxygens (including phenoxy) is 1. The van der Waals surface area contributed by atoms with Crippen LogP contribution in [0.3, 0.4) is 0 Å². The van der Waals surface area contributed by atoms with Crippen molar-refractivity contribution in [2.45, 2.75) is 39.7 Å². The van der Waals surface area contributed by atoms with Crippen LogP contribution in [-0.2, 0) is 4.74 Å². The Morgan fingerprint density at radius 3 is 2.41 bits per heavy atom. The third-order valence-electron chi connectivity index (χ3n) is 4.13. The van der Waals surface area contributed by atoms with Crippen LogP contribution in [0.5, 0.6) is 0 Å². The molecule has 0 radical (unpaired) electrons. The van der Waals surface area contributed by atoms with Crippen LogP contribution in [0.4, 0.5) is 0 Å². The highest BCUT2D eigenvalue weighted by Crippen LogP contribution is 2.20. The second-order valence-electron chi connectivity index (χ2n) is 5.83. The predicted octanol–water partition coefficient (Wildman–Crippen LogP) is 2.22. The summed E-state index contributed by atoms with van der Waals surface area (Å²) in [7, 11) is 0. The molecule has 5 nitrogen and oxygen atoms in total. The van der Waals surface area contributed by atoms with Crippen LogP contribution in [0, 0.1) is 5.92 Å². The van der Waals surface area contributed by atoms with Gasteiger partial charge in [0.25, 0.3) is 0 Å². The molecule has 0 spiro atoms. The van der Waals surface area contributed by atoms with E-state index in [0.29, 0.717) is 24.5 Å². The summed E-state index contributed by atoms with van der Waals surface area (Å²) in [6.07, 6.45) is 2.35. The first kappa shape index (κ1) is 21.7. The summed E-state index contributed by atoms with van der Waals surface area (Å²) in [6.45, 7) is 15.4. The van der Waals surface area contributed by atoms with Crippen molar-refractivity contribution in [2.75, 3.05) is 39.4 Å². The quantitative estimate of drug-likeness (QED) is 0.272. The molecule has 1 heterocycles. The van der Waals surface area contributed by atoms with Crippen molar-refractivity contribution < 1.29 is 4.74 Å². The summed E-state index contributed by atoms with van der Waals surface area (Å²) >= 11 is 0. The topological polar surface area (TPSA) is 62.9 Å². The lowest BCUT2D eigenvalue weighted by atomic mass is 9.92. The molecule has 0 aromatic heterocycles. The Morgan fingerprint density at radius 1 is 1.32 bits per heavy atom. The van der Waals surface area contributed by atoms with Crippen LogP contribution < -0.4 is 11.1 Å². The zero-order valence-corrected chi connectivity index (χ0v) is 16.6. The lowest BCUT2D eigenvalue weighted by molar-refractivity contribution is 0.00396. The monoisotopic (exact) mass is 424 g/mol. The van der Waals surface area contributed by atoms with Gasteiger partial charge < -0.3 is 15.8 Å². The van der Waals surface area contributed by atoms with Gasteiger partial charge in [0.2, 0.25) is 0 Å². The Bertz CT molecular complexity index is 339. The maximum absolute atomic E-state index is 5.94. The van der Waals surface area contributed by atoms with E-state index in [1.54, 1.807) is 0 Å². The van der Waals surface area contributed by atoms with E-state index in [1.807, 2.05) is 6.92 Å². The Hall–Kier alpha value is -0.340. The van der Waals surface area contributed by atoms with E-state index in [0.717, 1.165) is 38.4 Å². The Labute approximate surface area is 152 Å². The summed E-state index contributed by atoms with van der Waals surface area (Å²) in [5.41, 5.74) is 6.99. The highest BCUT2D eigenvalue weighted by atomic mass is 127. The number of hydrogen-bond donors (Lipinski definition) is 2. The van der Waals surface area contributed by atoms with Gasteiger partial charge in [-0.1, -0.05) is 38.8 Å². The molecule has 3 N–H and O–H groups in total. The summed E-state index contributed by atoms with van der Waals surface area (Å²) in [4.78, 5) is 7.06. The zero-order chi connectivity index (χ0) is 15.7. The molecule has 0 bridgehead atoms. The molecule has 1 aliphatic rings. The van der Waals surface area contributed by atoms with Crippen molar-refractivity contribution in [1.82, 2.24) is 10.2 Å². The van der Waals surface area contributed by atoms with Gasteiger partial charge in [-0.25, -0.2) is 0 Å². The average molecular weight is 424 g/mol. The van der Waals surface area contributed by atoms with E-state index in [-0.39, 0.29) is 24.0 Å².